The van der Waals surface area contributed by atoms with Crippen molar-refractivity contribution in [2.75, 3.05) is 19.7 Å². The van der Waals surface area contributed by atoms with Gasteiger partial charge in [-0.15, -0.1) is 0 Å². The molecule has 36 heavy (non-hydrogen) atoms. The van der Waals surface area contributed by atoms with Crippen LogP contribution in [0, 0.1) is 0 Å². The minimum absolute atomic E-state index is 0.249. The molecule has 2 N–H and O–H groups in total. The molecule has 0 fully saturated rings. The van der Waals surface area contributed by atoms with Gasteiger partial charge in [0.1, 0.15) is 0 Å². The molecule has 4 aliphatic rings. The van der Waals surface area contributed by atoms with Crippen LogP contribution >= 0.6 is 0 Å². The van der Waals surface area contributed by atoms with Crippen molar-refractivity contribution in [3.63, 3.8) is 0 Å². The summed E-state index contributed by atoms with van der Waals surface area (Å²) in [5.41, 5.74) is 9.71. The number of hydrogen-bond acceptors (Lipinski definition) is 5. The van der Waals surface area contributed by atoms with E-state index in [1.165, 1.54) is 33.5 Å². The lowest BCUT2D eigenvalue weighted by Gasteiger charge is -2.19. The van der Waals surface area contributed by atoms with Crippen LogP contribution in [0.4, 0.5) is 0 Å². The monoisotopic (exact) mass is 480 g/mol. The summed E-state index contributed by atoms with van der Waals surface area (Å²) < 4.78 is 5.26. The zero-order chi connectivity index (χ0) is 24.7. The number of benzene rings is 2. The predicted octanol–water partition coefficient (Wildman–Crippen LogP) is 2.66. The summed E-state index contributed by atoms with van der Waals surface area (Å²) in [5, 5.41) is 19.8. The highest BCUT2D eigenvalue weighted by Gasteiger charge is 2.25. The highest BCUT2D eigenvalue weighted by molar-refractivity contribution is 6.67. The van der Waals surface area contributed by atoms with Crippen molar-refractivity contribution >= 4 is 36.9 Å². The number of hydrogen-bond donors (Lipinski definition) is 2. The summed E-state index contributed by atoms with van der Waals surface area (Å²) in [5.74, 6) is 0. The third-order valence-corrected chi connectivity index (χ3v) is 7.41. The Kier molecular flexibility index (Phi) is 8.32. The molecule has 0 aromatic heterocycles. The summed E-state index contributed by atoms with van der Waals surface area (Å²) in [4.78, 5) is 8.59. The van der Waals surface area contributed by atoms with Crippen LogP contribution in [-0.2, 0) is 30.3 Å². The van der Waals surface area contributed by atoms with Gasteiger partial charge in [-0.05, 0) is 84.1 Å². The Balaban J connectivity index is 0.000000148. The minimum Gasteiger partial charge on any atom is -0.446 e. The third kappa shape index (κ3) is 6.33. The van der Waals surface area contributed by atoms with E-state index in [0.717, 1.165) is 75.3 Å². The van der Waals surface area contributed by atoms with Crippen molar-refractivity contribution in [2.45, 2.75) is 51.3 Å². The number of aryl methyl sites for hydroxylation is 3. The summed E-state index contributed by atoms with van der Waals surface area (Å²) in [6, 6.07) is 12.9. The molecule has 0 aliphatic carbocycles. The maximum absolute atomic E-state index is 10.0. The minimum atomic E-state index is -0.752. The first-order valence-corrected chi connectivity index (χ1v) is 13.3. The van der Waals surface area contributed by atoms with Gasteiger partial charge in [-0.1, -0.05) is 60.5 Å². The van der Waals surface area contributed by atoms with E-state index in [2.05, 4.69) is 64.6 Å². The second-order valence-corrected chi connectivity index (χ2v) is 9.96. The van der Waals surface area contributed by atoms with Gasteiger partial charge in [0.2, 0.25) is 0 Å². The maximum Gasteiger partial charge on any atom is 0.491 e. The Labute approximate surface area is 215 Å². The molecule has 0 atom stereocenters. The number of fused-ring (bicyclic) bond motifs is 2. The zero-order valence-electron chi connectivity index (χ0n) is 20.9. The summed E-state index contributed by atoms with van der Waals surface area (Å²) in [6.07, 6.45) is 16.4. The van der Waals surface area contributed by atoms with Crippen LogP contribution < -0.4 is 10.9 Å². The van der Waals surface area contributed by atoms with Crippen molar-refractivity contribution in [3.8, 4) is 0 Å². The lowest BCUT2D eigenvalue weighted by atomic mass is 9.53. The van der Waals surface area contributed by atoms with Gasteiger partial charge in [-0.2, -0.15) is 0 Å². The largest absolute Gasteiger partial charge is 0.491 e. The molecule has 0 amide bonds. The molecule has 0 spiro atoms. The van der Waals surface area contributed by atoms with E-state index in [1.807, 2.05) is 6.21 Å². The quantitative estimate of drug-likeness (QED) is 0.625. The molecule has 2 aromatic carbocycles. The fourth-order valence-electron chi connectivity index (χ4n) is 5.30. The van der Waals surface area contributed by atoms with E-state index in [0.29, 0.717) is 6.61 Å². The molecule has 0 radical (unpaired) electrons. The Bertz CT molecular complexity index is 1110. The molecule has 6 rings (SSSR count). The molecular formula is C29H34B2N2O3. The smallest absolute Gasteiger partial charge is 0.446 e. The number of aliphatic imine (C=N–C) groups is 2. The molecule has 4 aliphatic heterocycles. The second kappa shape index (κ2) is 12.0. The molecule has 2 aromatic rings. The second-order valence-electron chi connectivity index (χ2n) is 9.96. The van der Waals surface area contributed by atoms with Crippen LogP contribution in [0.15, 0.2) is 70.2 Å². The van der Waals surface area contributed by atoms with Gasteiger partial charge in [0.15, 0.2) is 0 Å². The van der Waals surface area contributed by atoms with Gasteiger partial charge in [0, 0.05) is 18.5 Å². The summed E-state index contributed by atoms with van der Waals surface area (Å²) >= 11 is 0. The van der Waals surface area contributed by atoms with Crippen LogP contribution in [-0.4, -0.2) is 55.7 Å². The molecule has 4 heterocycles. The van der Waals surface area contributed by atoms with Gasteiger partial charge in [-0.25, -0.2) is 0 Å². The Hall–Kier alpha value is -2.73. The van der Waals surface area contributed by atoms with E-state index in [4.69, 9.17) is 4.65 Å². The molecule has 0 unspecified atom stereocenters. The van der Waals surface area contributed by atoms with Crippen molar-refractivity contribution < 1.29 is 14.7 Å². The molecule has 0 saturated heterocycles. The van der Waals surface area contributed by atoms with E-state index in [9.17, 15) is 10.0 Å². The Morgan fingerprint density at radius 1 is 0.861 bits per heavy atom. The fraction of sp³-hybridized carbons (Fsp3) is 0.379. The Morgan fingerprint density at radius 3 is 2.39 bits per heavy atom. The van der Waals surface area contributed by atoms with Crippen molar-refractivity contribution in [2.24, 2.45) is 9.98 Å². The van der Waals surface area contributed by atoms with E-state index in [-0.39, 0.29) is 6.92 Å². The van der Waals surface area contributed by atoms with Crippen molar-refractivity contribution in [1.29, 1.82) is 0 Å². The highest BCUT2D eigenvalue weighted by atomic mass is 16.5. The summed E-state index contributed by atoms with van der Waals surface area (Å²) in [7, 11) is -0.752. The molecular weight excluding hydrogens is 446 g/mol. The first kappa shape index (κ1) is 24.9. The topological polar surface area (TPSA) is 74.4 Å². The summed E-state index contributed by atoms with van der Waals surface area (Å²) in [6.45, 7) is 2.03. The molecule has 5 nitrogen and oxygen atoms in total. The lowest BCUT2D eigenvalue weighted by molar-refractivity contribution is 0.266. The predicted molar refractivity (Wildman–Crippen MR) is 150 cm³/mol. The third-order valence-electron chi connectivity index (χ3n) is 7.41. The van der Waals surface area contributed by atoms with Gasteiger partial charge >= 0.3 is 14.0 Å². The van der Waals surface area contributed by atoms with Crippen LogP contribution in [0.5, 0.6) is 0 Å². The first-order valence-electron chi connectivity index (χ1n) is 13.3. The zero-order valence-corrected chi connectivity index (χ0v) is 20.9. The standard InChI is InChI=1S/C15H18BNO.C14H16BNO2/c18-16-8-1-2-14-6-5-12(10-15(14)16)3-4-13-7-9-17-11-13;17-15-14-10-11(3-5-12(14)7-9-18-15)4-6-13-2-1-8-16-13/h5-7,10-11,18H,1-4,8-9H2;1-3,5,10,17H,4,6-9H2. The number of nitrogens with zero attached hydrogens (tertiary/aromatic N) is 2. The SMILES string of the molecule is OB1CCCc2ccc(CCC3=CCN=C3)cc21.OB1OCCc2ccc(CCC3=NCC=C3)cc21. The lowest BCUT2D eigenvalue weighted by Crippen LogP contribution is -2.41. The van der Waals surface area contributed by atoms with Crippen LogP contribution in [0.25, 0.3) is 0 Å². The van der Waals surface area contributed by atoms with E-state index in [1.54, 1.807) is 0 Å². The van der Waals surface area contributed by atoms with E-state index < -0.39 is 7.12 Å². The first-order chi connectivity index (χ1) is 17.7. The molecule has 0 bridgehead atoms. The molecule has 7 heteroatoms. The number of rotatable bonds is 6. The Morgan fingerprint density at radius 2 is 1.64 bits per heavy atom. The normalized spacial score (nSPS) is 17.8. The van der Waals surface area contributed by atoms with Gasteiger partial charge in [-0.3, -0.25) is 9.98 Å². The van der Waals surface area contributed by atoms with Gasteiger partial charge < -0.3 is 14.7 Å². The average Bonchev–Trinajstić information content (AvgIpc) is 3.62. The van der Waals surface area contributed by atoms with E-state index >= 15 is 0 Å². The van der Waals surface area contributed by atoms with Crippen molar-refractivity contribution in [3.05, 3.63) is 82.5 Å². The van der Waals surface area contributed by atoms with Crippen LogP contribution in [0.1, 0.15) is 41.5 Å². The molecule has 0 saturated carbocycles. The maximum atomic E-state index is 10.0. The van der Waals surface area contributed by atoms with Gasteiger partial charge in [0.25, 0.3) is 0 Å². The van der Waals surface area contributed by atoms with Crippen LogP contribution in [0.3, 0.4) is 0 Å². The van der Waals surface area contributed by atoms with Crippen LogP contribution in [0.2, 0.25) is 6.32 Å². The van der Waals surface area contributed by atoms with Crippen molar-refractivity contribution in [1.82, 2.24) is 0 Å². The number of allylic oxidation sites excluding steroid dienone is 2. The highest BCUT2D eigenvalue weighted by Crippen LogP contribution is 2.17. The molecule has 184 valence electrons. The average molecular weight is 480 g/mol. The fourth-order valence-corrected chi connectivity index (χ4v) is 5.30. The van der Waals surface area contributed by atoms with Gasteiger partial charge in [0.05, 0.1) is 13.1 Å².